The first-order valence-electron chi connectivity index (χ1n) is 7.83. The molecule has 2 N–H and O–H groups in total. The molecule has 114 valence electrons. The number of hydrogen-bond donors (Lipinski definition) is 1. The molecule has 3 nitrogen and oxygen atoms in total. The zero-order chi connectivity index (χ0) is 14.8. The Balaban J connectivity index is 2.09. The smallest absolute Gasteiger partial charge is 0.185 e. The van der Waals surface area contributed by atoms with Gasteiger partial charge in [0.15, 0.2) is 5.13 Å². The van der Waals surface area contributed by atoms with Crippen LogP contribution in [0.4, 0.5) is 5.13 Å². The van der Waals surface area contributed by atoms with E-state index in [0.717, 1.165) is 17.6 Å². The first-order chi connectivity index (χ1) is 9.41. The van der Waals surface area contributed by atoms with Crippen molar-refractivity contribution in [3.05, 3.63) is 10.6 Å². The molecule has 0 bridgehead atoms. The maximum atomic E-state index is 5.90. The van der Waals surface area contributed by atoms with Crippen LogP contribution >= 0.6 is 11.3 Å². The molecule has 1 saturated carbocycles. The molecular weight excluding hydrogens is 266 g/mol. The van der Waals surface area contributed by atoms with Crippen molar-refractivity contribution in [3.8, 4) is 0 Å². The van der Waals surface area contributed by atoms with E-state index in [4.69, 9.17) is 10.7 Å². The summed E-state index contributed by atoms with van der Waals surface area (Å²) in [7, 11) is 2.18. The summed E-state index contributed by atoms with van der Waals surface area (Å²) in [5.74, 6) is 0.845. The average molecular weight is 295 g/mol. The van der Waals surface area contributed by atoms with Gasteiger partial charge in [-0.3, -0.25) is 0 Å². The lowest BCUT2D eigenvalue weighted by atomic mass is 9.89. The molecule has 0 aliphatic heterocycles. The van der Waals surface area contributed by atoms with Gasteiger partial charge in [0.1, 0.15) is 0 Å². The van der Waals surface area contributed by atoms with Gasteiger partial charge in [-0.2, -0.15) is 0 Å². The van der Waals surface area contributed by atoms with Crippen molar-refractivity contribution in [1.82, 2.24) is 4.98 Å². The van der Waals surface area contributed by atoms with Crippen molar-refractivity contribution in [3.63, 3.8) is 0 Å². The van der Waals surface area contributed by atoms with Crippen LogP contribution < -0.4 is 10.6 Å². The molecule has 2 rings (SSSR count). The Morgan fingerprint density at radius 3 is 2.40 bits per heavy atom. The molecule has 0 radical (unpaired) electrons. The van der Waals surface area contributed by atoms with E-state index in [-0.39, 0.29) is 5.41 Å². The summed E-state index contributed by atoms with van der Waals surface area (Å²) in [5.41, 5.74) is 7.15. The summed E-state index contributed by atoms with van der Waals surface area (Å²) < 4.78 is 0. The molecule has 1 aliphatic carbocycles. The van der Waals surface area contributed by atoms with E-state index < -0.39 is 0 Å². The van der Waals surface area contributed by atoms with Gasteiger partial charge in [0.25, 0.3) is 0 Å². The van der Waals surface area contributed by atoms with Crippen LogP contribution in [0, 0.1) is 5.92 Å². The third-order valence-electron chi connectivity index (χ3n) is 4.17. The van der Waals surface area contributed by atoms with Crippen molar-refractivity contribution in [1.29, 1.82) is 0 Å². The number of hydrogen-bond acceptors (Lipinski definition) is 4. The van der Waals surface area contributed by atoms with Gasteiger partial charge >= 0.3 is 0 Å². The number of rotatable bonds is 4. The SMILES string of the molecule is CN(CC1CCCCC1)c1nc(C(C)(C)C)c(CN)s1. The summed E-state index contributed by atoms with van der Waals surface area (Å²) in [6, 6.07) is 0. The van der Waals surface area contributed by atoms with Crippen LogP contribution in [0.1, 0.15) is 63.4 Å². The highest BCUT2D eigenvalue weighted by atomic mass is 32.1. The number of anilines is 1. The predicted octanol–water partition coefficient (Wildman–Crippen LogP) is 3.92. The second kappa shape index (κ2) is 6.44. The Hall–Kier alpha value is -0.610. The Morgan fingerprint density at radius 1 is 1.25 bits per heavy atom. The summed E-state index contributed by atoms with van der Waals surface area (Å²) >= 11 is 1.77. The highest BCUT2D eigenvalue weighted by molar-refractivity contribution is 7.15. The fourth-order valence-electron chi connectivity index (χ4n) is 3.06. The summed E-state index contributed by atoms with van der Waals surface area (Å²) in [4.78, 5) is 8.46. The summed E-state index contributed by atoms with van der Waals surface area (Å²) in [6.07, 6.45) is 6.98. The lowest BCUT2D eigenvalue weighted by Crippen LogP contribution is -2.26. The molecule has 1 fully saturated rings. The lowest BCUT2D eigenvalue weighted by molar-refractivity contribution is 0.362. The first kappa shape index (κ1) is 15.8. The van der Waals surface area contributed by atoms with Gasteiger partial charge in [-0.1, -0.05) is 40.0 Å². The maximum absolute atomic E-state index is 5.90. The Morgan fingerprint density at radius 2 is 1.90 bits per heavy atom. The molecule has 1 aliphatic rings. The minimum absolute atomic E-state index is 0.0785. The van der Waals surface area contributed by atoms with Crippen LogP contribution in [0.15, 0.2) is 0 Å². The van der Waals surface area contributed by atoms with Crippen LogP contribution in [0.25, 0.3) is 0 Å². The molecule has 0 unspecified atom stereocenters. The summed E-state index contributed by atoms with van der Waals surface area (Å²) in [6.45, 7) is 8.38. The highest BCUT2D eigenvalue weighted by Crippen LogP contribution is 2.34. The first-order valence-corrected chi connectivity index (χ1v) is 8.65. The fourth-order valence-corrected chi connectivity index (χ4v) is 4.18. The van der Waals surface area contributed by atoms with Gasteiger partial charge in [-0.25, -0.2) is 4.98 Å². The van der Waals surface area contributed by atoms with Crippen molar-refractivity contribution >= 4 is 16.5 Å². The monoisotopic (exact) mass is 295 g/mol. The average Bonchev–Trinajstić information content (AvgIpc) is 2.84. The lowest BCUT2D eigenvalue weighted by Gasteiger charge is -2.26. The van der Waals surface area contributed by atoms with Crippen LogP contribution in [0.5, 0.6) is 0 Å². The van der Waals surface area contributed by atoms with E-state index in [1.54, 1.807) is 11.3 Å². The quantitative estimate of drug-likeness (QED) is 0.915. The molecule has 0 amide bonds. The van der Waals surface area contributed by atoms with E-state index in [9.17, 15) is 0 Å². The molecule has 1 aromatic rings. The minimum Gasteiger partial charge on any atom is -0.351 e. The molecule has 20 heavy (non-hydrogen) atoms. The zero-order valence-corrected chi connectivity index (χ0v) is 14.2. The van der Waals surface area contributed by atoms with Crippen LogP contribution in [0.3, 0.4) is 0 Å². The third-order valence-corrected chi connectivity index (χ3v) is 5.36. The van der Waals surface area contributed by atoms with Crippen LogP contribution in [-0.4, -0.2) is 18.6 Å². The van der Waals surface area contributed by atoms with Crippen LogP contribution in [-0.2, 0) is 12.0 Å². The van der Waals surface area contributed by atoms with Gasteiger partial charge in [0.05, 0.1) is 5.69 Å². The number of nitrogens with zero attached hydrogens (tertiary/aromatic N) is 2. The number of aromatic nitrogens is 1. The zero-order valence-electron chi connectivity index (χ0n) is 13.4. The Bertz CT molecular complexity index is 427. The van der Waals surface area contributed by atoms with Crippen molar-refractivity contribution in [2.45, 2.75) is 64.8 Å². The van der Waals surface area contributed by atoms with Gasteiger partial charge in [0.2, 0.25) is 0 Å². The van der Waals surface area contributed by atoms with Crippen molar-refractivity contribution < 1.29 is 0 Å². The van der Waals surface area contributed by atoms with E-state index in [1.807, 2.05) is 0 Å². The van der Waals surface area contributed by atoms with Crippen molar-refractivity contribution in [2.75, 3.05) is 18.5 Å². The van der Waals surface area contributed by atoms with Gasteiger partial charge in [-0.05, 0) is 18.8 Å². The van der Waals surface area contributed by atoms with E-state index in [0.29, 0.717) is 6.54 Å². The molecule has 0 saturated heterocycles. The number of nitrogens with two attached hydrogens (primary N) is 1. The van der Waals surface area contributed by atoms with Gasteiger partial charge < -0.3 is 10.6 Å². The molecule has 0 spiro atoms. The molecule has 4 heteroatoms. The molecule has 0 aromatic carbocycles. The molecule has 1 heterocycles. The minimum atomic E-state index is 0.0785. The fraction of sp³-hybridized carbons (Fsp3) is 0.812. The van der Waals surface area contributed by atoms with Crippen LogP contribution in [0.2, 0.25) is 0 Å². The van der Waals surface area contributed by atoms with E-state index >= 15 is 0 Å². The second-order valence-electron chi connectivity index (χ2n) is 7.11. The normalized spacial score (nSPS) is 17.4. The molecule has 0 atom stereocenters. The van der Waals surface area contributed by atoms with Gasteiger partial charge in [-0.15, -0.1) is 11.3 Å². The molecular formula is C16H29N3S. The second-order valence-corrected chi connectivity index (χ2v) is 8.17. The highest BCUT2D eigenvalue weighted by Gasteiger charge is 2.24. The van der Waals surface area contributed by atoms with Crippen molar-refractivity contribution in [2.24, 2.45) is 11.7 Å². The van der Waals surface area contributed by atoms with Gasteiger partial charge in [0, 0.05) is 30.4 Å². The third kappa shape index (κ3) is 3.73. The standard InChI is InChI=1S/C16H29N3S/c1-16(2,3)14-13(10-17)20-15(18-14)19(4)11-12-8-6-5-7-9-12/h12H,5-11,17H2,1-4H3. The topological polar surface area (TPSA) is 42.2 Å². The Labute approximate surface area is 127 Å². The van der Waals surface area contributed by atoms with E-state index in [2.05, 4.69) is 32.7 Å². The Kier molecular flexibility index (Phi) is 5.08. The number of thiazole rings is 1. The summed E-state index contributed by atoms with van der Waals surface area (Å²) in [5, 5.41) is 1.14. The van der Waals surface area contributed by atoms with E-state index in [1.165, 1.54) is 42.7 Å². The largest absolute Gasteiger partial charge is 0.351 e. The maximum Gasteiger partial charge on any atom is 0.185 e. The molecule has 1 aromatic heterocycles. The predicted molar refractivity (Wildman–Crippen MR) is 88.6 cm³/mol.